The molecule has 3 aromatic rings. The predicted octanol–water partition coefficient (Wildman–Crippen LogP) is 5.68. The molecule has 0 spiro atoms. The zero-order valence-electron chi connectivity index (χ0n) is 12.2. The molecule has 0 fully saturated rings. The number of nitro benzene ring substituents is 1. The average Bonchev–Trinajstić information content (AvgIpc) is 2.61. The Labute approximate surface area is 133 Å². The molecule has 23 heavy (non-hydrogen) atoms. The van der Waals surface area contributed by atoms with Crippen molar-refractivity contribution in [3.05, 3.63) is 89.0 Å². The van der Waals surface area contributed by atoms with Crippen molar-refractivity contribution in [2.75, 3.05) is 0 Å². The van der Waals surface area contributed by atoms with Crippen LogP contribution in [0.15, 0.2) is 89.1 Å². The van der Waals surface area contributed by atoms with Gasteiger partial charge in [-0.25, -0.2) is 0 Å². The SMILES string of the molecule is O=[N+]([O-])c1cccc(N=Nc2ccccc2)c1-c1ccccc1. The molecule has 0 aliphatic heterocycles. The Kier molecular flexibility index (Phi) is 4.20. The Balaban J connectivity index is 2.12. The van der Waals surface area contributed by atoms with Gasteiger partial charge in [0.05, 0.1) is 16.2 Å². The quantitative estimate of drug-likeness (QED) is 0.353. The average molecular weight is 303 g/mol. The molecule has 0 unspecified atom stereocenters. The fourth-order valence-corrected chi connectivity index (χ4v) is 2.27. The molecule has 0 radical (unpaired) electrons. The first-order valence-electron chi connectivity index (χ1n) is 7.05. The van der Waals surface area contributed by atoms with Gasteiger partial charge in [-0.15, -0.1) is 5.11 Å². The summed E-state index contributed by atoms with van der Waals surface area (Å²) in [6.07, 6.45) is 0. The highest BCUT2D eigenvalue weighted by Crippen LogP contribution is 2.38. The van der Waals surface area contributed by atoms with Gasteiger partial charge in [0.2, 0.25) is 0 Å². The molecule has 3 aromatic carbocycles. The minimum absolute atomic E-state index is 0.0145. The molecule has 0 saturated carbocycles. The maximum absolute atomic E-state index is 11.4. The van der Waals surface area contributed by atoms with E-state index in [1.54, 1.807) is 12.1 Å². The lowest BCUT2D eigenvalue weighted by Gasteiger charge is -2.06. The van der Waals surface area contributed by atoms with Crippen molar-refractivity contribution in [3.8, 4) is 11.1 Å². The lowest BCUT2D eigenvalue weighted by atomic mass is 10.0. The molecule has 5 nitrogen and oxygen atoms in total. The third-order valence-electron chi connectivity index (χ3n) is 3.31. The fraction of sp³-hybridized carbons (Fsp3) is 0. The maximum Gasteiger partial charge on any atom is 0.279 e. The van der Waals surface area contributed by atoms with Gasteiger partial charge < -0.3 is 0 Å². The molecule has 5 heteroatoms. The molecule has 0 heterocycles. The van der Waals surface area contributed by atoms with E-state index in [9.17, 15) is 10.1 Å². The second-order valence-electron chi connectivity index (χ2n) is 4.83. The van der Waals surface area contributed by atoms with Gasteiger partial charge in [-0.2, -0.15) is 5.11 Å². The first-order chi connectivity index (χ1) is 11.3. The van der Waals surface area contributed by atoms with Crippen molar-refractivity contribution in [2.45, 2.75) is 0 Å². The molecular formula is C18H13N3O2. The van der Waals surface area contributed by atoms with E-state index in [2.05, 4.69) is 10.2 Å². The summed E-state index contributed by atoms with van der Waals surface area (Å²) in [6, 6.07) is 23.3. The number of hydrogen-bond donors (Lipinski definition) is 0. The highest BCUT2D eigenvalue weighted by atomic mass is 16.6. The number of benzene rings is 3. The van der Waals surface area contributed by atoms with E-state index in [-0.39, 0.29) is 5.69 Å². The molecule has 0 aliphatic carbocycles. The van der Waals surface area contributed by atoms with Crippen LogP contribution in [0.5, 0.6) is 0 Å². The zero-order chi connectivity index (χ0) is 16.1. The van der Waals surface area contributed by atoms with Crippen LogP contribution in [0.1, 0.15) is 0 Å². The Morgan fingerprint density at radius 2 is 1.39 bits per heavy atom. The summed E-state index contributed by atoms with van der Waals surface area (Å²) >= 11 is 0. The van der Waals surface area contributed by atoms with E-state index >= 15 is 0 Å². The van der Waals surface area contributed by atoms with Gasteiger partial charge in [-0.1, -0.05) is 54.6 Å². The fourth-order valence-electron chi connectivity index (χ4n) is 2.27. The van der Waals surface area contributed by atoms with Crippen molar-refractivity contribution < 1.29 is 4.92 Å². The molecule has 0 bridgehead atoms. The minimum atomic E-state index is -0.399. The molecule has 0 aliphatic rings. The molecule has 0 atom stereocenters. The van der Waals surface area contributed by atoms with Crippen LogP contribution in [-0.2, 0) is 0 Å². The third kappa shape index (κ3) is 3.29. The summed E-state index contributed by atoms with van der Waals surface area (Å²) in [5.74, 6) is 0. The molecule has 0 aromatic heterocycles. The highest BCUT2D eigenvalue weighted by Gasteiger charge is 2.18. The van der Waals surface area contributed by atoms with Crippen molar-refractivity contribution in [2.24, 2.45) is 10.2 Å². The molecular weight excluding hydrogens is 290 g/mol. The van der Waals surface area contributed by atoms with Gasteiger partial charge in [0.1, 0.15) is 5.69 Å². The largest absolute Gasteiger partial charge is 0.279 e. The number of nitro groups is 1. The Morgan fingerprint density at radius 3 is 2.04 bits per heavy atom. The minimum Gasteiger partial charge on any atom is -0.258 e. The monoisotopic (exact) mass is 303 g/mol. The molecule has 112 valence electrons. The molecule has 3 rings (SSSR count). The van der Waals surface area contributed by atoms with E-state index < -0.39 is 4.92 Å². The molecule has 0 amide bonds. The van der Waals surface area contributed by atoms with Crippen molar-refractivity contribution in [1.82, 2.24) is 0 Å². The summed E-state index contributed by atoms with van der Waals surface area (Å²) in [5, 5.41) is 19.7. The lowest BCUT2D eigenvalue weighted by molar-refractivity contribution is -0.384. The third-order valence-corrected chi connectivity index (χ3v) is 3.31. The summed E-state index contributed by atoms with van der Waals surface area (Å²) in [4.78, 5) is 11.0. The second-order valence-corrected chi connectivity index (χ2v) is 4.83. The van der Waals surface area contributed by atoms with Gasteiger partial charge in [0.25, 0.3) is 5.69 Å². The Morgan fingerprint density at radius 1 is 0.739 bits per heavy atom. The molecule has 0 saturated heterocycles. The van der Waals surface area contributed by atoms with Crippen LogP contribution in [0.2, 0.25) is 0 Å². The smallest absolute Gasteiger partial charge is 0.258 e. The van der Waals surface area contributed by atoms with Crippen LogP contribution in [0.4, 0.5) is 17.1 Å². The van der Waals surface area contributed by atoms with E-state index in [1.807, 2.05) is 60.7 Å². The van der Waals surface area contributed by atoms with Crippen molar-refractivity contribution in [3.63, 3.8) is 0 Å². The van der Waals surface area contributed by atoms with E-state index in [0.29, 0.717) is 16.9 Å². The zero-order valence-corrected chi connectivity index (χ0v) is 12.2. The van der Waals surface area contributed by atoms with E-state index in [1.165, 1.54) is 6.07 Å². The molecule has 0 N–H and O–H groups in total. The van der Waals surface area contributed by atoms with Crippen molar-refractivity contribution >= 4 is 17.1 Å². The van der Waals surface area contributed by atoms with E-state index in [4.69, 9.17) is 0 Å². The van der Waals surface area contributed by atoms with Crippen LogP contribution in [0, 0.1) is 10.1 Å². The van der Waals surface area contributed by atoms with Crippen LogP contribution < -0.4 is 0 Å². The van der Waals surface area contributed by atoms with Crippen LogP contribution in [-0.4, -0.2) is 4.92 Å². The number of azo groups is 1. The highest BCUT2D eigenvalue weighted by molar-refractivity contribution is 5.83. The summed E-state index contributed by atoms with van der Waals surface area (Å²) in [7, 11) is 0. The lowest BCUT2D eigenvalue weighted by Crippen LogP contribution is -1.92. The summed E-state index contributed by atoms with van der Waals surface area (Å²) < 4.78 is 0. The second kappa shape index (κ2) is 6.62. The van der Waals surface area contributed by atoms with Gasteiger partial charge in [0, 0.05) is 6.07 Å². The number of nitrogens with zero attached hydrogens (tertiary/aromatic N) is 3. The topological polar surface area (TPSA) is 67.9 Å². The van der Waals surface area contributed by atoms with E-state index in [0.717, 1.165) is 5.56 Å². The Hall–Kier alpha value is -3.34. The van der Waals surface area contributed by atoms with Gasteiger partial charge in [-0.05, 0) is 23.8 Å². The van der Waals surface area contributed by atoms with Crippen LogP contribution >= 0.6 is 0 Å². The first kappa shape index (κ1) is 14.6. The van der Waals surface area contributed by atoms with Crippen LogP contribution in [0.25, 0.3) is 11.1 Å². The summed E-state index contributed by atoms with van der Waals surface area (Å²) in [5.41, 5.74) is 2.38. The Bertz CT molecular complexity index is 847. The number of hydrogen-bond acceptors (Lipinski definition) is 4. The van der Waals surface area contributed by atoms with Gasteiger partial charge in [-0.3, -0.25) is 10.1 Å². The van der Waals surface area contributed by atoms with Crippen LogP contribution in [0.3, 0.4) is 0 Å². The predicted molar refractivity (Wildman–Crippen MR) is 89.2 cm³/mol. The van der Waals surface area contributed by atoms with Crippen molar-refractivity contribution in [1.29, 1.82) is 0 Å². The number of rotatable bonds is 4. The van der Waals surface area contributed by atoms with Gasteiger partial charge >= 0.3 is 0 Å². The standard InChI is InChI=1S/C18H13N3O2/c22-21(23)17-13-7-12-16(18(17)14-8-3-1-4-9-14)20-19-15-10-5-2-6-11-15/h1-13H. The maximum atomic E-state index is 11.4. The van der Waals surface area contributed by atoms with Gasteiger partial charge in [0.15, 0.2) is 0 Å². The summed E-state index contributed by atoms with van der Waals surface area (Å²) in [6.45, 7) is 0. The first-order valence-corrected chi connectivity index (χ1v) is 7.05. The normalized spacial score (nSPS) is 10.8.